The maximum absolute atomic E-state index is 11.8. The molecule has 1 aliphatic carbocycles. The first-order valence-corrected chi connectivity index (χ1v) is 6.26. The predicted octanol–water partition coefficient (Wildman–Crippen LogP) is 1.55. The number of hydrogen-bond acceptors (Lipinski definition) is 3. The third-order valence-corrected chi connectivity index (χ3v) is 3.66. The van der Waals surface area contributed by atoms with E-state index in [-0.39, 0.29) is 5.91 Å². The first kappa shape index (κ1) is 12.0. The summed E-state index contributed by atoms with van der Waals surface area (Å²) in [6.07, 6.45) is 5.09. The van der Waals surface area contributed by atoms with Crippen molar-refractivity contribution in [1.29, 1.82) is 0 Å². The lowest BCUT2D eigenvalue weighted by Crippen LogP contribution is -2.33. The first-order chi connectivity index (χ1) is 8.16. The van der Waals surface area contributed by atoms with Crippen LogP contribution < -0.4 is 11.1 Å². The molecule has 1 amide bonds. The van der Waals surface area contributed by atoms with Gasteiger partial charge in [0.1, 0.15) is 11.5 Å². The summed E-state index contributed by atoms with van der Waals surface area (Å²) in [4.78, 5) is 11.8. The Labute approximate surface area is 101 Å². The molecule has 0 bridgehead atoms. The number of carbonyl (C=O) groups excluding carboxylic acids is 1. The van der Waals surface area contributed by atoms with Crippen molar-refractivity contribution < 1.29 is 4.79 Å². The van der Waals surface area contributed by atoms with Gasteiger partial charge in [0.25, 0.3) is 5.91 Å². The minimum Gasteiger partial charge on any atom is -0.382 e. The Morgan fingerprint density at radius 3 is 3.00 bits per heavy atom. The molecule has 4 N–H and O–H groups in total. The molecule has 0 aliphatic heterocycles. The van der Waals surface area contributed by atoms with E-state index >= 15 is 0 Å². The largest absolute Gasteiger partial charge is 0.382 e. The number of nitrogen functional groups attached to an aromatic ring is 1. The number of rotatable bonds is 3. The Kier molecular flexibility index (Phi) is 3.66. The van der Waals surface area contributed by atoms with Crippen LogP contribution in [0.3, 0.4) is 0 Å². The molecular formula is C12H20N4O. The van der Waals surface area contributed by atoms with Crippen LogP contribution in [0.25, 0.3) is 0 Å². The molecule has 1 aliphatic rings. The van der Waals surface area contributed by atoms with Crippen LogP contribution in [0.5, 0.6) is 0 Å². The SMILES string of the molecule is CC1CCCCC1CNC(=O)c1cc(N)n[nH]1. The molecule has 2 rings (SSSR count). The molecule has 0 saturated heterocycles. The topological polar surface area (TPSA) is 83.8 Å². The fraction of sp³-hybridized carbons (Fsp3) is 0.667. The van der Waals surface area contributed by atoms with Crippen LogP contribution in [-0.2, 0) is 0 Å². The third-order valence-electron chi connectivity index (χ3n) is 3.66. The lowest BCUT2D eigenvalue weighted by molar-refractivity contribution is 0.0931. The minimum atomic E-state index is -0.119. The van der Waals surface area contributed by atoms with Crippen LogP contribution in [0.4, 0.5) is 5.82 Å². The zero-order valence-electron chi connectivity index (χ0n) is 10.2. The fourth-order valence-electron chi connectivity index (χ4n) is 2.47. The molecule has 1 aromatic heterocycles. The molecule has 94 valence electrons. The number of aromatic nitrogens is 2. The summed E-state index contributed by atoms with van der Waals surface area (Å²) >= 11 is 0. The summed E-state index contributed by atoms with van der Waals surface area (Å²) in [6.45, 7) is 3.02. The fourth-order valence-corrected chi connectivity index (χ4v) is 2.47. The van der Waals surface area contributed by atoms with Crippen LogP contribution in [-0.4, -0.2) is 22.6 Å². The third kappa shape index (κ3) is 2.99. The van der Waals surface area contributed by atoms with E-state index in [1.54, 1.807) is 6.07 Å². The number of H-pyrrole nitrogens is 1. The standard InChI is InChI=1S/C12H20N4O/c1-8-4-2-3-5-9(8)7-14-12(17)10-6-11(13)16-15-10/h6,8-9H,2-5,7H2,1H3,(H,14,17)(H3,13,15,16). The Morgan fingerprint density at radius 1 is 1.59 bits per heavy atom. The highest BCUT2D eigenvalue weighted by Gasteiger charge is 2.22. The van der Waals surface area contributed by atoms with Gasteiger partial charge in [0.15, 0.2) is 0 Å². The molecule has 1 heterocycles. The van der Waals surface area contributed by atoms with Gasteiger partial charge in [0, 0.05) is 12.6 Å². The monoisotopic (exact) mass is 236 g/mol. The van der Waals surface area contributed by atoms with E-state index in [1.807, 2.05) is 0 Å². The summed E-state index contributed by atoms with van der Waals surface area (Å²) in [7, 11) is 0. The van der Waals surface area contributed by atoms with Crippen molar-refractivity contribution in [2.24, 2.45) is 11.8 Å². The molecule has 0 aromatic carbocycles. The average molecular weight is 236 g/mol. The second-order valence-corrected chi connectivity index (χ2v) is 4.94. The van der Waals surface area contributed by atoms with E-state index in [0.717, 1.165) is 6.54 Å². The zero-order valence-corrected chi connectivity index (χ0v) is 10.2. The Bertz CT molecular complexity index is 388. The molecule has 5 nitrogen and oxygen atoms in total. The summed E-state index contributed by atoms with van der Waals surface area (Å²) in [5.41, 5.74) is 5.89. The number of nitrogens with zero attached hydrogens (tertiary/aromatic N) is 1. The lowest BCUT2D eigenvalue weighted by atomic mass is 9.80. The van der Waals surface area contributed by atoms with E-state index in [9.17, 15) is 4.79 Å². The van der Waals surface area contributed by atoms with Gasteiger partial charge in [0.2, 0.25) is 0 Å². The first-order valence-electron chi connectivity index (χ1n) is 6.26. The molecule has 5 heteroatoms. The predicted molar refractivity (Wildman–Crippen MR) is 66.5 cm³/mol. The molecule has 2 unspecified atom stereocenters. The van der Waals surface area contributed by atoms with Crippen molar-refractivity contribution in [1.82, 2.24) is 15.5 Å². The minimum absolute atomic E-state index is 0.119. The van der Waals surface area contributed by atoms with Crippen molar-refractivity contribution in [2.45, 2.75) is 32.6 Å². The van der Waals surface area contributed by atoms with Crippen LogP contribution in [0.1, 0.15) is 43.1 Å². The maximum Gasteiger partial charge on any atom is 0.269 e. The number of carbonyl (C=O) groups is 1. The quantitative estimate of drug-likeness (QED) is 0.744. The number of anilines is 1. The van der Waals surface area contributed by atoms with Crippen LogP contribution in [0.15, 0.2) is 6.07 Å². The van der Waals surface area contributed by atoms with Crippen molar-refractivity contribution in [3.8, 4) is 0 Å². The highest BCUT2D eigenvalue weighted by Crippen LogP contribution is 2.28. The smallest absolute Gasteiger partial charge is 0.269 e. The molecule has 17 heavy (non-hydrogen) atoms. The van der Waals surface area contributed by atoms with E-state index in [1.165, 1.54) is 25.7 Å². The highest BCUT2D eigenvalue weighted by molar-refractivity contribution is 5.92. The highest BCUT2D eigenvalue weighted by atomic mass is 16.1. The van der Waals surface area contributed by atoms with Crippen LogP contribution in [0, 0.1) is 11.8 Å². The number of nitrogens with two attached hydrogens (primary N) is 1. The molecule has 1 saturated carbocycles. The molecule has 1 fully saturated rings. The van der Waals surface area contributed by atoms with E-state index in [2.05, 4.69) is 22.4 Å². The van der Waals surface area contributed by atoms with Crippen molar-refractivity contribution in [3.05, 3.63) is 11.8 Å². The van der Waals surface area contributed by atoms with Crippen molar-refractivity contribution >= 4 is 11.7 Å². The molecule has 1 aromatic rings. The van der Waals surface area contributed by atoms with Gasteiger partial charge in [0.05, 0.1) is 0 Å². The van der Waals surface area contributed by atoms with E-state index in [4.69, 9.17) is 5.73 Å². The summed E-state index contributed by atoms with van der Waals surface area (Å²) in [5, 5.41) is 9.30. The second-order valence-electron chi connectivity index (χ2n) is 4.94. The maximum atomic E-state index is 11.8. The van der Waals surface area contributed by atoms with Gasteiger partial charge < -0.3 is 11.1 Å². The second kappa shape index (κ2) is 5.21. The van der Waals surface area contributed by atoms with E-state index < -0.39 is 0 Å². The van der Waals surface area contributed by atoms with Gasteiger partial charge >= 0.3 is 0 Å². The van der Waals surface area contributed by atoms with Gasteiger partial charge in [-0.25, -0.2) is 0 Å². The average Bonchev–Trinajstić information content (AvgIpc) is 2.74. The lowest BCUT2D eigenvalue weighted by Gasteiger charge is -2.28. The van der Waals surface area contributed by atoms with Crippen molar-refractivity contribution in [2.75, 3.05) is 12.3 Å². The number of amides is 1. The molecule has 0 radical (unpaired) electrons. The van der Waals surface area contributed by atoms with Gasteiger partial charge in [-0.05, 0) is 18.3 Å². The van der Waals surface area contributed by atoms with Gasteiger partial charge in [-0.2, -0.15) is 5.10 Å². The van der Waals surface area contributed by atoms with Crippen molar-refractivity contribution in [3.63, 3.8) is 0 Å². The summed E-state index contributed by atoms with van der Waals surface area (Å²) < 4.78 is 0. The van der Waals surface area contributed by atoms with Crippen LogP contribution >= 0.6 is 0 Å². The molecule has 2 atom stereocenters. The Hall–Kier alpha value is -1.52. The number of aromatic amines is 1. The van der Waals surface area contributed by atoms with Gasteiger partial charge in [-0.3, -0.25) is 9.89 Å². The van der Waals surface area contributed by atoms with Gasteiger partial charge in [-0.15, -0.1) is 0 Å². The zero-order chi connectivity index (χ0) is 12.3. The normalized spacial score (nSPS) is 24.5. The van der Waals surface area contributed by atoms with Gasteiger partial charge in [-0.1, -0.05) is 26.2 Å². The van der Waals surface area contributed by atoms with E-state index in [0.29, 0.717) is 23.3 Å². The summed E-state index contributed by atoms with van der Waals surface area (Å²) in [6, 6.07) is 1.56. The molecule has 0 spiro atoms. The number of hydrogen-bond donors (Lipinski definition) is 3. The van der Waals surface area contributed by atoms with Crippen LogP contribution in [0.2, 0.25) is 0 Å². The molecular weight excluding hydrogens is 216 g/mol. The Balaban J connectivity index is 1.83. The Morgan fingerprint density at radius 2 is 2.35 bits per heavy atom. The summed E-state index contributed by atoms with van der Waals surface area (Å²) in [5.74, 6) is 1.54. The number of nitrogens with one attached hydrogen (secondary N) is 2.